The maximum absolute atomic E-state index is 10.9. The van der Waals surface area contributed by atoms with E-state index in [2.05, 4.69) is 15.6 Å². The molecule has 2 rings (SSSR count). The van der Waals surface area contributed by atoms with Crippen LogP contribution in [0.1, 0.15) is 23.3 Å². The Bertz CT molecular complexity index is 408. The fourth-order valence-corrected chi connectivity index (χ4v) is 2.29. The van der Waals surface area contributed by atoms with Crippen molar-refractivity contribution in [3.63, 3.8) is 0 Å². The molecular weight excluding hydrogens is 230 g/mol. The molecule has 1 amide bonds. The first kappa shape index (κ1) is 10.9. The van der Waals surface area contributed by atoms with Crippen LogP contribution in [0.25, 0.3) is 0 Å². The van der Waals surface area contributed by atoms with Gasteiger partial charge in [-0.05, 0) is 6.42 Å². The standard InChI is InChI=1S/C9H11N3O3S/c13-6-2-1-5(3-10-6)12-8-7(9(14)15)11-4-16-8/h4-5,12H,1-3H2,(H,10,13)(H,14,15). The molecule has 1 aromatic rings. The topological polar surface area (TPSA) is 91.3 Å². The number of carboxylic acid groups (broad SMARTS) is 1. The first-order valence-corrected chi connectivity index (χ1v) is 5.75. The molecule has 2 heterocycles. The van der Waals surface area contributed by atoms with Crippen molar-refractivity contribution >= 4 is 28.2 Å². The van der Waals surface area contributed by atoms with E-state index in [0.29, 0.717) is 24.4 Å². The predicted octanol–water partition coefficient (Wildman–Crippen LogP) is 0.532. The summed E-state index contributed by atoms with van der Waals surface area (Å²) < 4.78 is 0. The van der Waals surface area contributed by atoms with Gasteiger partial charge in [-0.25, -0.2) is 9.78 Å². The smallest absolute Gasteiger partial charge is 0.357 e. The number of thiazole rings is 1. The highest BCUT2D eigenvalue weighted by Crippen LogP contribution is 2.22. The fraction of sp³-hybridized carbons (Fsp3) is 0.444. The van der Waals surface area contributed by atoms with Crippen molar-refractivity contribution in [2.45, 2.75) is 18.9 Å². The summed E-state index contributed by atoms with van der Waals surface area (Å²) in [6.45, 7) is 0.524. The lowest BCUT2D eigenvalue weighted by Crippen LogP contribution is -2.41. The minimum atomic E-state index is -1.04. The third-order valence-electron chi connectivity index (χ3n) is 2.37. The highest BCUT2D eigenvalue weighted by Gasteiger charge is 2.21. The summed E-state index contributed by atoms with van der Waals surface area (Å²) in [6, 6.07) is 0.0799. The Hall–Kier alpha value is -1.63. The van der Waals surface area contributed by atoms with E-state index in [-0.39, 0.29) is 17.6 Å². The Morgan fingerprint density at radius 3 is 3.12 bits per heavy atom. The minimum absolute atomic E-state index is 0.0424. The van der Waals surface area contributed by atoms with Crippen LogP contribution in [0.4, 0.5) is 5.00 Å². The van der Waals surface area contributed by atoms with E-state index >= 15 is 0 Å². The molecule has 0 radical (unpaired) electrons. The maximum atomic E-state index is 10.9. The van der Waals surface area contributed by atoms with Crippen molar-refractivity contribution in [2.75, 3.05) is 11.9 Å². The lowest BCUT2D eigenvalue weighted by Gasteiger charge is -2.23. The van der Waals surface area contributed by atoms with Gasteiger partial charge in [0, 0.05) is 19.0 Å². The molecule has 1 atom stereocenters. The van der Waals surface area contributed by atoms with Crippen molar-refractivity contribution in [1.82, 2.24) is 10.3 Å². The number of carbonyl (C=O) groups is 2. The summed E-state index contributed by atoms with van der Waals surface area (Å²) >= 11 is 1.26. The molecule has 0 saturated carbocycles. The summed E-state index contributed by atoms with van der Waals surface area (Å²) in [4.78, 5) is 25.5. The molecule has 1 aromatic heterocycles. The van der Waals surface area contributed by atoms with Crippen LogP contribution < -0.4 is 10.6 Å². The molecule has 0 aliphatic carbocycles. The van der Waals surface area contributed by atoms with Crippen molar-refractivity contribution < 1.29 is 14.7 Å². The van der Waals surface area contributed by atoms with Crippen LogP contribution in [0.5, 0.6) is 0 Å². The van der Waals surface area contributed by atoms with E-state index < -0.39 is 5.97 Å². The Kier molecular flexibility index (Phi) is 3.04. The quantitative estimate of drug-likeness (QED) is 0.718. The van der Waals surface area contributed by atoms with E-state index in [1.165, 1.54) is 16.8 Å². The van der Waals surface area contributed by atoms with Crippen molar-refractivity contribution in [2.24, 2.45) is 0 Å². The first-order chi connectivity index (χ1) is 7.66. The van der Waals surface area contributed by atoms with Crippen LogP contribution in [0.15, 0.2) is 5.51 Å². The average Bonchev–Trinajstić information content (AvgIpc) is 2.69. The van der Waals surface area contributed by atoms with Crippen molar-refractivity contribution in [1.29, 1.82) is 0 Å². The summed E-state index contributed by atoms with van der Waals surface area (Å²) in [5, 5.41) is 15.2. The van der Waals surface area contributed by atoms with Crippen LogP contribution in [-0.4, -0.2) is 34.6 Å². The highest BCUT2D eigenvalue weighted by molar-refractivity contribution is 7.14. The number of hydrogen-bond donors (Lipinski definition) is 3. The van der Waals surface area contributed by atoms with Crippen molar-refractivity contribution in [3.05, 3.63) is 11.2 Å². The summed E-state index contributed by atoms with van der Waals surface area (Å²) in [5.41, 5.74) is 1.54. The number of aromatic nitrogens is 1. The number of carbonyl (C=O) groups excluding carboxylic acids is 1. The van der Waals surface area contributed by atoms with Crippen LogP contribution >= 0.6 is 11.3 Å². The maximum Gasteiger partial charge on any atom is 0.357 e. The molecule has 0 spiro atoms. The van der Waals surface area contributed by atoms with Gasteiger partial charge in [-0.15, -0.1) is 11.3 Å². The molecule has 1 unspecified atom stereocenters. The van der Waals surface area contributed by atoms with Gasteiger partial charge in [0.05, 0.1) is 5.51 Å². The third-order valence-corrected chi connectivity index (χ3v) is 3.13. The lowest BCUT2D eigenvalue weighted by atomic mass is 10.1. The Labute approximate surface area is 95.7 Å². The molecule has 1 aliphatic rings. The minimum Gasteiger partial charge on any atom is -0.476 e. The zero-order valence-corrected chi connectivity index (χ0v) is 9.21. The van der Waals surface area contributed by atoms with Gasteiger partial charge in [-0.3, -0.25) is 4.79 Å². The SMILES string of the molecule is O=C1CCC(Nc2scnc2C(=O)O)CN1. The molecule has 1 fully saturated rings. The van der Waals surface area contributed by atoms with E-state index in [4.69, 9.17) is 5.11 Å². The monoisotopic (exact) mass is 241 g/mol. The van der Waals surface area contributed by atoms with Gasteiger partial charge < -0.3 is 15.7 Å². The first-order valence-electron chi connectivity index (χ1n) is 4.87. The van der Waals surface area contributed by atoms with Crippen LogP contribution in [-0.2, 0) is 4.79 Å². The van der Waals surface area contributed by atoms with E-state index in [9.17, 15) is 9.59 Å². The molecule has 1 aliphatic heterocycles. The number of carboxylic acids is 1. The van der Waals surface area contributed by atoms with Gasteiger partial charge in [-0.2, -0.15) is 0 Å². The largest absolute Gasteiger partial charge is 0.476 e. The summed E-state index contributed by atoms with van der Waals surface area (Å²) in [6.07, 6.45) is 1.18. The number of nitrogens with one attached hydrogen (secondary N) is 2. The zero-order valence-electron chi connectivity index (χ0n) is 8.40. The number of anilines is 1. The van der Waals surface area contributed by atoms with Gasteiger partial charge >= 0.3 is 5.97 Å². The molecular formula is C9H11N3O3S. The number of rotatable bonds is 3. The van der Waals surface area contributed by atoms with Crippen LogP contribution in [0, 0.1) is 0 Å². The molecule has 0 bridgehead atoms. The fourth-order valence-electron chi connectivity index (χ4n) is 1.54. The molecule has 0 aromatic carbocycles. The Morgan fingerprint density at radius 2 is 2.50 bits per heavy atom. The van der Waals surface area contributed by atoms with Crippen LogP contribution in [0.2, 0.25) is 0 Å². The van der Waals surface area contributed by atoms with Gasteiger partial charge in [0.25, 0.3) is 0 Å². The lowest BCUT2D eigenvalue weighted by molar-refractivity contribution is -0.122. The number of aromatic carboxylic acids is 1. The molecule has 16 heavy (non-hydrogen) atoms. The Balaban J connectivity index is 2.01. The third kappa shape index (κ3) is 2.30. The number of amides is 1. The summed E-state index contributed by atoms with van der Waals surface area (Å²) in [5.74, 6) is -0.996. The number of nitrogens with zero attached hydrogens (tertiary/aromatic N) is 1. The Morgan fingerprint density at radius 1 is 1.69 bits per heavy atom. The van der Waals surface area contributed by atoms with Crippen LogP contribution in [0.3, 0.4) is 0 Å². The number of hydrogen-bond acceptors (Lipinski definition) is 5. The van der Waals surface area contributed by atoms with E-state index in [1.54, 1.807) is 0 Å². The van der Waals surface area contributed by atoms with Crippen molar-refractivity contribution in [3.8, 4) is 0 Å². The normalized spacial score (nSPS) is 20.2. The number of piperidine rings is 1. The second-order valence-electron chi connectivity index (χ2n) is 3.52. The van der Waals surface area contributed by atoms with Gasteiger partial charge in [0.2, 0.25) is 5.91 Å². The zero-order chi connectivity index (χ0) is 11.5. The van der Waals surface area contributed by atoms with E-state index in [1.807, 2.05) is 0 Å². The molecule has 7 heteroatoms. The molecule has 1 saturated heterocycles. The highest BCUT2D eigenvalue weighted by atomic mass is 32.1. The van der Waals surface area contributed by atoms with Gasteiger partial charge in [0.1, 0.15) is 5.00 Å². The second-order valence-corrected chi connectivity index (χ2v) is 4.37. The molecule has 86 valence electrons. The average molecular weight is 241 g/mol. The summed E-state index contributed by atoms with van der Waals surface area (Å²) in [7, 11) is 0. The van der Waals surface area contributed by atoms with Gasteiger partial charge in [0.15, 0.2) is 5.69 Å². The van der Waals surface area contributed by atoms with Gasteiger partial charge in [-0.1, -0.05) is 0 Å². The predicted molar refractivity (Wildman–Crippen MR) is 58.7 cm³/mol. The molecule has 3 N–H and O–H groups in total. The second kappa shape index (κ2) is 4.48. The molecule has 6 nitrogen and oxygen atoms in total. The van der Waals surface area contributed by atoms with E-state index in [0.717, 1.165) is 0 Å².